The Hall–Kier alpha value is -0.770. The summed E-state index contributed by atoms with van der Waals surface area (Å²) in [6.07, 6.45) is 0. The highest BCUT2D eigenvalue weighted by Crippen LogP contribution is 2.25. The fourth-order valence-electron chi connectivity index (χ4n) is 1.57. The van der Waals surface area contributed by atoms with E-state index in [1.165, 1.54) is 0 Å². The molecule has 0 fully saturated rings. The van der Waals surface area contributed by atoms with E-state index in [9.17, 15) is 0 Å². The van der Waals surface area contributed by atoms with Gasteiger partial charge in [0.15, 0.2) is 0 Å². The van der Waals surface area contributed by atoms with Gasteiger partial charge in [0.2, 0.25) is 0 Å². The van der Waals surface area contributed by atoms with Crippen molar-refractivity contribution < 1.29 is 9.47 Å². The standard InChI is InChI=1S/C13H20ClNO2/c1-4-15-11(8-16-3)9-17-13-6-5-10(2)7-12(13)14/h5-7,11,15H,4,8-9H2,1-3H3. The minimum atomic E-state index is 0.183. The molecule has 1 aromatic rings. The number of methoxy groups -OCH3 is 1. The van der Waals surface area contributed by atoms with Crippen LogP contribution in [0.5, 0.6) is 5.75 Å². The van der Waals surface area contributed by atoms with Crippen LogP contribution in [0.3, 0.4) is 0 Å². The predicted octanol–water partition coefficient (Wildman–Crippen LogP) is 2.65. The normalized spacial score (nSPS) is 12.5. The second kappa shape index (κ2) is 7.54. The van der Waals surface area contributed by atoms with Crippen LogP contribution in [-0.4, -0.2) is 32.9 Å². The summed E-state index contributed by atoms with van der Waals surface area (Å²) in [6.45, 7) is 6.12. The molecule has 4 heteroatoms. The first-order chi connectivity index (χ1) is 8.17. The van der Waals surface area contributed by atoms with Crippen molar-refractivity contribution in [1.82, 2.24) is 5.32 Å². The van der Waals surface area contributed by atoms with Gasteiger partial charge in [0.1, 0.15) is 12.4 Å². The van der Waals surface area contributed by atoms with Crippen molar-refractivity contribution in [1.29, 1.82) is 0 Å². The van der Waals surface area contributed by atoms with Gasteiger partial charge in [0.05, 0.1) is 17.7 Å². The van der Waals surface area contributed by atoms with Crippen LogP contribution in [-0.2, 0) is 4.74 Å². The highest BCUT2D eigenvalue weighted by atomic mass is 35.5. The summed E-state index contributed by atoms with van der Waals surface area (Å²) in [5.74, 6) is 0.719. The highest BCUT2D eigenvalue weighted by molar-refractivity contribution is 6.32. The molecule has 1 N–H and O–H groups in total. The fourth-order valence-corrected chi connectivity index (χ4v) is 1.86. The topological polar surface area (TPSA) is 30.5 Å². The fraction of sp³-hybridized carbons (Fsp3) is 0.538. The summed E-state index contributed by atoms with van der Waals surface area (Å²) in [6, 6.07) is 5.96. The number of rotatable bonds is 7. The lowest BCUT2D eigenvalue weighted by molar-refractivity contribution is 0.137. The SMILES string of the molecule is CCNC(COC)COc1ccc(C)cc1Cl. The summed E-state index contributed by atoms with van der Waals surface area (Å²) in [5.41, 5.74) is 1.13. The van der Waals surface area contributed by atoms with Crippen molar-refractivity contribution in [2.75, 3.05) is 26.9 Å². The molecule has 1 aromatic carbocycles. The number of aryl methyl sites for hydroxylation is 1. The predicted molar refractivity (Wildman–Crippen MR) is 71.0 cm³/mol. The Labute approximate surface area is 108 Å². The van der Waals surface area contributed by atoms with Gasteiger partial charge in [0, 0.05) is 7.11 Å². The van der Waals surface area contributed by atoms with E-state index in [1.54, 1.807) is 7.11 Å². The van der Waals surface area contributed by atoms with E-state index in [0.29, 0.717) is 18.2 Å². The third kappa shape index (κ3) is 4.94. The first kappa shape index (κ1) is 14.3. The molecule has 0 spiro atoms. The molecule has 0 amide bonds. The van der Waals surface area contributed by atoms with Crippen molar-refractivity contribution in [3.8, 4) is 5.75 Å². The molecule has 1 unspecified atom stereocenters. The van der Waals surface area contributed by atoms with Crippen LogP contribution >= 0.6 is 11.6 Å². The van der Waals surface area contributed by atoms with E-state index in [1.807, 2.05) is 25.1 Å². The summed E-state index contributed by atoms with van der Waals surface area (Å²) in [5, 5.41) is 3.94. The summed E-state index contributed by atoms with van der Waals surface area (Å²) < 4.78 is 10.8. The Morgan fingerprint density at radius 1 is 1.35 bits per heavy atom. The molecular weight excluding hydrogens is 238 g/mol. The lowest BCUT2D eigenvalue weighted by Gasteiger charge is -2.18. The second-order valence-corrected chi connectivity index (χ2v) is 4.36. The molecule has 96 valence electrons. The second-order valence-electron chi connectivity index (χ2n) is 3.95. The molecule has 0 saturated heterocycles. The molecule has 0 radical (unpaired) electrons. The Morgan fingerprint density at radius 3 is 2.71 bits per heavy atom. The molecule has 0 heterocycles. The Morgan fingerprint density at radius 2 is 2.12 bits per heavy atom. The van der Waals surface area contributed by atoms with E-state index in [-0.39, 0.29) is 6.04 Å². The number of halogens is 1. The van der Waals surface area contributed by atoms with Gasteiger partial charge < -0.3 is 14.8 Å². The van der Waals surface area contributed by atoms with E-state index in [4.69, 9.17) is 21.1 Å². The van der Waals surface area contributed by atoms with E-state index < -0.39 is 0 Å². The molecule has 0 saturated carbocycles. The van der Waals surface area contributed by atoms with Crippen LogP contribution in [0.15, 0.2) is 18.2 Å². The van der Waals surface area contributed by atoms with E-state index in [0.717, 1.165) is 17.9 Å². The lowest BCUT2D eigenvalue weighted by atomic mass is 10.2. The van der Waals surface area contributed by atoms with Crippen molar-refractivity contribution in [2.45, 2.75) is 19.9 Å². The molecule has 1 atom stereocenters. The molecule has 0 aliphatic rings. The minimum absolute atomic E-state index is 0.183. The smallest absolute Gasteiger partial charge is 0.137 e. The lowest BCUT2D eigenvalue weighted by Crippen LogP contribution is -2.38. The van der Waals surface area contributed by atoms with Crippen molar-refractivity contribution in [3.05, 3.63) is 28.8 Å². The molecule has 1 rings (SSSR count). The third-order valence-electron chi connectivity index (χ3n) is 2.39. The number of ether oxygens (including phenoxy) is 2. The number of hydrogen-bond acceptors (Lipinski definition) is 3. The summed E-state index contributed by atoms with van der Waals surface area (Å²) >= 11 is 6.09. The van der Waals surface area contributed by atoms with Crippen LogP contribution < -0.4 is 10.1 Å². The van der Waals surface area contributed by atoms with Crippen LogP contribution in [0.2, 0.25) is 5.02 Å². The summed E-state index contributed by atoms with van der Waals surface area (Å²) in [4.78, 5) is 0. The molecular formula is C13H20ClNO2. The maximum atomic E-state index is 6.09. The van der Waals surface area contributed by atoms with Gasteiger partial charge in [-0.1, -0.05) is 24.6 Å². The summed E-state index contributed by atoms with van der Waals surface area (Å²) in [7, 11) is 1.68. The molecule has 17 heavy (non-hydrogen) atoms. The quantitative estimate of drug-likeness (QED) is 0.815. The van der Waals surface area contributed by atoms with Gasteiger partial charge in [-0.05, 0) is 31.2 Å². The average Bonchev–Trinajstić information content (AvgIpc) is 2.28. The van der Waals surface area contributed by atoms with Gasteiger partial charge in [-0.25, -0.2) is 0 Å². The van der Waals surface area contributed by atoms with Gasteiger partial charge in [-0.2, -0.15) is 0 Å². The van der Waals surface area contributed by atoms with Crippen LogP contribution in [0.4, 0.5) is 0 Å². The van der Waals surface area contributed by atoms with Crippen LogP contribution in [0.1, 0.15) is 12.5 Å². The first-order valence-electron chi connectivity index (χ1n) is 5.78. The third-order valence-corrected chi connectivity index (χ3v) is 2.68. The zero-order valence-corrected chi connectivity index (χ0v) is 11.4. The first-order valence-corrected chi connectivity index (χ1v) is 6.16. The molecule has 0 bridgehead atoms. The van der Waals surface area contributed by atoms with Gasteiger partial charge >= 0.3 is 0 Å². The van der Waals surface area contributed by atoms with Gasteiger partial charge in [-0.3, -0.25) is 0 Å². The van der Waals surface area contributed by atoms with Crippen LogP contribution in [0.25, 0.3) is 0 Å². The highest BCUT2D eigenvalue weighted by Gasteiger charge is 2.09. The number of nitrogens with one attached hydrogen (secondary N) is 1. The Bertz CT molecular complexity index is 338. The monoisotopic (exact) mass is 257 g/mol. The van der Waals surface area contributed by atoms with Crippen molar-refractivity contribution in [2.24, 2.45) is 0 Å². The van der Waals surface area contributed by atoms with Crippen molar-refractivity contribution >= 4 is 11.6 Å². The molecule has 3 nitrogen and oxygen atoms in total. The largest absolute Gasteiger partial charge is 0.490 e. The minimum Gasteiger partial charge on any atom is -0.490 e. The van der Waals surface area contributed by atoms with Crippen LogP contribution in [0, 0.1) is 6.92 Å². The van der Waals surface area contributed by atoms with Gasteiger partial charge in [-0.15, -0.1) is 0 Å². The van der Waals surface area contributed by atoms with E-state index >= 15 is 0 Å². The number of hydrogen-bond donors (Lipinski definition) is 1. The number of benzene rings is 1. The molecule has 0 aromatic heterocycles. The Balaban J connectivity index is 2.52. The zero-order chi connectivity index (χ0) is 12.7. The Kier molecular flexibility index (Phi) is 6.34. The average molecular weight is 258 g/mol. The maximum Gasteiger partial charge on any atom is 0.137 e. The molecule has 0 aliphatic carbocycles. The van der Waals surface area contributed by atoms with Gasteiger partial charge in [0.25, 0.3) is 0 Å². The molecule has 0 aliphatic heterocycles. The van der Waals surface area contributed by atoms with E-state index in [2.05, 4.69) is 12.2 Å². The number of likely N-dealkylation sites (N-methyl/N-ethyl adjacent to an activating group) is 1. The van der Waals surface area contributed by atoms with Crippen molar-refractivity contribution in [3.63, 3.8) is 0 Å². The maximum absolute atomic E-state index is 6.09. The zero-order valence-electron chi connectivity index (χ0n) is 10.6.